The van der Waals surface area contributed by atoms with E-state index in [4.69, 9.17) is 11.6 Å². The Hall–Kier alpha value is -0.770. The van der Waals surface area contributed by atoms with Crippen molar-refractivity contribution in [3.05, 3.63) is 0 Å². The topological polar surface area (TPSA) is 40.6 Å². The van der Waals surface area contributed by atoms with E-state index in [9.17, 15) is 9.59 Å². The Balaban J connectivity index is 4.10. The quantitative estimate of drug-likeness (QED) is 0.642. The molecule has 0 aliphatic rings. The third kappa shape index (κ3) is 5.02. The minimum Gasteiger partial charge on any atom is -0.342 e. The van der Waals surface area contributed by atoms with Crippen molar-refractivity contribution in [1.29, 1.82) is 0 Å². The highest BCUT2D eigenvalue weighted by atomic mass is 35.5. The highest BCUT2D eigenvalue weighted by Gasteiger charge is 2.15. The van der Waals surface area contributed by atoms with E-state index in [1.807, 2.05) is 13.8 Å². The maximum atomic E-state index is 11.6. The fourth-order valence-electron chi connectivity index (χ4n) is 1.24. The van der Waals surface area contributed by atoms with E-state index in [2.05, 4.69) is 0 Å². The lowest BCUT2D eigenvalue weighted by Gasteiger charge is -2.23. The van der Waals surface area contributed by atoms with Crippen molar-refractivity contribution in [3.63, 3.8) is 0 Å². The number of likely N-dealkylation sites (N-methyl/N-ethyl adjacent to an activating group) is 2. The number of halogens is 1. The van der Waals surface area contributed by atoms with Crippen molar-refractivity contribution in [2.45, 2.75) is 20.3 Å². The van der Waals surface area contributed by atoms with Crippen LogP contribution in [-0.4, -0.2) is 54.2 Å². The summed E-state index contributed by atoms with van der Waals surface area (Å²) in [7, 11) is 1.62. The number of carbonyl (C=O) groups excluding carboxylic acids is 2. The molecule has 5 heteroatoms. The van der Waals surface area contributed by atoms with E-state index in [1.54, 1.807) is 11.9 Å². The van der Waals surface area contributed by atoms with Gasteiger partial charge in [0.05, 0.1) is 6.54 Å². The molecule has 0 aliphatic carbocycles. The maximum absolute atomic E-state index is 11.6. The smallest absolute Gasteiger partial charge is 0.242 e. The molecule has 0 unspecified atom stereocenters. The summed E-state index contributed by atoms with van der Waals surface area (Å²) in [5.74, 6) is 0.179. The zero-order valence-electron chi connectivity index (χ0n) is 9.62. The van der Waals surface area contributed by atoms with Crippen LogP contribution in [-0.2, 0) is 9.59 Å². The number of rotatable bonds is 6. The lowest BCUT2D eigenvalue weighted by Crippen LogP contribution is -2.41. The molecule has 0 saturated carbocycles. The summed E-state index contributed by atoms with van der Waals surface area (Å²) in [6.45, 7) is 5.32. The first kappa shape index (κ1) is 14.2. The Labute approximate surface area is 96.2 Å². The minimum atomic E-state index is -0.0921. The van der Waals surface area contributed by atoms with Gasteiger partial charge in [-0.3, -0.25) is 9.59 Å². The number of carbonyl (C=O) groups is 2. The highest BCUT2D eigenvalue weighted by molar-refractivity contribution is 6.18. The summed E-state index contributed by atoms with van der Waals surface area (Å²) in [5.41, 5.74) is 0. The van der Waals surface area contributed by atoms with Gasteiger partial charge in [-0.25, -0.2) is 0 Å². The molecule has 0 aliphatic heterocycles. The number of hydrogen-bond donors (Lipinski definition) is 0. The number of amides is 2. The molecule has 0 heterocycles. The Morgan fingerprint density at radius 2 is 1.67 bits per heavy atom. The molecule has 0 atom stereocenters. The summed E-state index contributed by atoms with van der Waals surface area (Å²) in [5, 5.41) is 0. The third-order valence-corrected chi connectivity index (χ3v) is 2.41. The average molecular weight is 235 g/mol. The van der Waals surface area contributed by atoms with Crippen molar-refractivity contribution in [3.8, 4) is 0 Å². The molecule has 0 saturated heterocycles. The van der Waals surface area contributed by atoms with Crippen LogP contribution < -0.4 is 0 Å². The van der Waals surface area contributed by atoms with Gasteiger partial charge in [0.2, 0.25) is 11.8 Å². The first-order chi connectivity index (χ1) is 7.06. The molecule has 2 amide bonds. The van der Waals surface area contributed by atoms with E-state index in [0.717, 1.165) is 0 Å². The Bertz CT molecular complexity index is 217. The highest BCUT2D eigenvalue weighted by Crippen LogP contribution is 1.96. The second-order valence-electron chi connectivity index (χ2n) is 3.25. The van der Waals surface area contributed by atoms with Crippen molar-refractivity contribution in [1.82, 2.24) is 9.80 Å². The van der Waals surface area contributed by atoms with Crippen LogP contribution in [0.25, 0.3) is 0 Å². The predicted octanol–water partition coefficient (Wildman–Crippen LogP) is 0.942. The SMILES string of the molecule is CCN(CC)C(=O)CN(C)C(=O)CCCl. The van der Waals surface area contributed by atoms with E-state index in [0.29, 0.717) is 19.0 Å². The zero-order valence-corrected chi connectivity index (χ0v) is 10.4. The third-order valence-electron chi connectivity index (χ3n) is 2.22. The van der Waals surface area contributed by atoms with Gasteiger partial charge in [-0.1, -0.05) is 0 Å². The lowest BCUT2D eigenvalue weighted by molar-refractivity contribution is -0.139. The van der Waals surface area contributed by atoms with Gasteiger partial charge < -0.3 is 9.80 Å². The van der Waals surface area contributed by atoms with Crippen molar-refractivity contribution < 1.29 is 9.59 Å². The fourth-order valence-corrected chi connectivity index (χ4v) is 1.40. The van der Waals surface area contributed by atoms with Crippen LogP contribution >= 0.6 is 11.6 Å². The second kappa shape index (κ2) is 7.51. The number of nitrogens with zero attached hydrogens (tertiary/aromatic N) is 2. The largest absolute Gasteiger partial charge is 0.342 e. The van der Waals surface area contributed by atoms with E-state index in [-0.39, 0.29) is 24.8 Å². The molecule has 0 bridgehead atoms. The van der Waals surface area contributed by atoms with Crippen LogP contribution in [0.1, 0.15) is 20.3 Å². The van der Waals surface area contributed by atoms with E-state index in [1.165, 1.54) is 4.90 Å². The molecule has 0 rings (SSSR count). The Morgan fingerprint density at radius 1 is 1.13 bits per heavy atom. The van der Waals surface area contributed by atoms with Gasteiger partial charge in [-0.15, -0.1) is 11.6 Å². The number of alkyl halides is 1. The molecule has 0 radical (unpaired) electrons. The molecule has 0 spiro atoms. The van der Waals surface area contributed by atoms with Gasteiger partial charge in [0.25, 0.3) is 0 Å². The Morgan fingerprint density at radius 3 is 2.07 bits per heavy atom. The van der Waals surface area contributed by atoms with Gasteiger partial charge in [0.1, 0.15) is 0 Å². The van der Waals surface area contributed by atoms with Crippen LogP contribution in [0.4, 0.5) is 0 Å². The summed E-state index contributed by atoms with van der Waals surface area (Å²) in [6.07, 6.45) is 0.281. The Kier molecular flexibility index (Phi) is 7.13. The standard InChI is InChI=1S/C10H19ClN2O2/c1-4-13(5-2)10(15)8-12(3)9(14)6-7-11/h4-8H2,1-3H3. The summed E-state index contributed by atoms with van der Waals surface area (Å²) < 4.78 is 0. The molecule has 0 N–H and O–H groups in total. The number of hydrogen-bond acceptors (Lipinski definition) is 2. The molecule has 0 aromatic carbocycles. The molecule has 0 aromatic heterocycles. The normalized spacial score (nSPS) is 9.87. The van der Waals surface area contributed by atoms with Crippen molar-refractivity contribution in [2.75, 3.05) is 32.6 Å². The molecule has 0 fully saturated rings. The fraction of sp³-hybridized carbons (Fsp3) is 0.800. The minimum absolute atomic E-state index is 0.0228. The van der Waals surface area contributed by atoms with Crippen molar-refractivity contribution in [2.24, 2.45) is 0 Å². The second-order valence-corrected chi connectivity index (χ2v) is 3.63. The van der Waals surface area contributed by atoms with Crippen LogP contribution in [0.5, 0.6) is 0 Å². The van der Waals surface area contributed by atoms with Crippen LogP contribution in [0.3, 0.4) is 0 Å². The molecule has 15 heavy (non-hydrogen) atoms. The van der Waals surface area contributed by atoms with Gasteiger partial charge >= 0.3 is 0 Å². The van der Waals surface area contributed by atoms with Crippen LogP contribution in [0.15, 0.2) is 0 Å². The summed E-state index contributed by atoms with van der Waals surface area (Å²) in [6, 6.07) is 0. The van der Waals surface area contributed by atoms with Crippen LogP contribution in [0, 0.1) is 0 Å². The van der Waals surface area contributed by atoms with Gasteiger partial charge in [0, 0.05) is 32.4 Å². The van der Waals surface area contributed by atoms with Gasteiger partial charge in [-0.05, 0) is 13.8 Å². The van der Waals surface area contributed by atoms with Crippen LogP contribution in [0.2, 0.25) is 0 Å². The molecular weight excluding hydrogens is 216 g/mol. The maximum Gasteiger partial charge on any atom is 0.242 e. The first-order valence-electron chi connectivity index (χ1n) is 5.14. The summed E-state index contributed by atoms with van der Waals surface area (Å²) in [4.78, 5) is 26.1. The average Bonchev–Trinajstić information content (AvgIpc) is 2.19. The first-order valence-corrected chi connectivity index (χ1v) is 5.67. The summed E-state index contributed by atoms with van der Waals surface area (Å²) >= 11 is 5.45. The van der Waals surface area contributed by atoms with E-state index >= 15 is 0 Å². The van der Waals surface area contributed by atoms with Gasteiger partial charge in [-0.2, -0.15) is 0 Å². The molecule has 0 aromatic rings. The predicted molar refractivity (Wildman–Crippen MR) is 60.9 cm³/mol. The van der Waals surface area contributed by atoms with Crippen molar-refractivity contribution >= 4 is 23.4 Å². The monoisotopic (exact) mass is 234 g/mol. The van der Waals surface area contributed by atoms with Gasteiger partial charge in [0.15, 0.2) is 0 Å². The molecular formula is C10H19ClN2O2. The molecule has 4 nitrogen and oxygen atoms in total. The molecule has 88 valence electrons. The van der Waals surface area contributed by atoms with E-state index < -0.39 is 0 Å². The zero-order chi connectivity index (χ0) is 11.8. The lowest BCUT2D eigenvalue weighted by atomic mass is 10.3.